The highest BCUT2D eigenvalue weighted by atomic mass is 19.3. The van der Waals surface area contributed by atoms with Crippen LogP contribution >= 0.6 is 0 Å². The molecule has 1 saturated carbocycles. The van der Waals surface area contributed by atoms with Gasteiger partial charge in [-0.15, -0.1) is 0 Å². The van der Waals surface area contributed by atoms with E-state index in [0.717, 1.165) is 0 Å². The zero-order valence-corrected chi connectivity index (χ0v) is 6.22. The number of alkyl halides is 2. The highest BCUT2D eigenvalue weighted by Gasteiger charge is 2.43. The van der Waals surface area contributed by atoms with E-state index in [9.17, 15) is 18.4 Å². The van der Waals surface area contributed by atoms with Crippen molar-refractivity contribution in [3.8, 4) is 0 Å². The fourth-order valence-corrected chi connectivity index (χ4v) is 1.24. The molecule has 1 aliphatic carbocycles. The van der Waals surface area contributed by atoms with Gasteiger partial charge in [0.1, 0.15) is 5.92 Å². The summed E-state index contributed by atoms with van der Waals surface area (Å²) in [6, 6.07) is 0. The number of hydrogen-bond donors (Lipinski definition) is 1. The molecule has 0 aromatic carbocycles. The Labute approximate surface area is 67.4 Å². The Morgan fingerprint density at radius 2 is 2.17 bits per heavy atom. The van der Waals surface area contributed by atoms with Crippen molar-refractivity contribution < 1.29 is 23.5 Å². The molecule has 0 saturated heterocycles. The van der Waals surface area contributed by atoms with Crippen molar-refractivity contribution in [3.05, 3.63) is 0 Å². The Kier molecular flexibility index (Phi) is 2.12. The second-order valence-electron chi connectivity index (χ2n) is 2.93. The second-order valence-corrected chi connectivity index (χ2v) is 2.93. The minimum Gasteiger partial charge on any atom is -0.481 e. The molecule has 0 heterocycles. The van der Waals surface area contributed by atoms with Gasteiger partial charge >= 0.3 is 5.97 Å². The molecule has 1 atom stereocenters. The lowest BCUT2D eigenvalue weighted by Gasteiger charge is -2.24. The van der Waals surface area contributed by atoms with Crippen molar-refractivity contribution in [3.63, 3.8) is 0 Å². The molecule has 12 heavy (non-hydrogen) atoms. The first-order valence-electron chi connectivity index (χ1n) is 3.56. The van der Waals surface area contributed by atoms with E-state index in [1.807, 2.05) is 0 Å². The number of carbonyl (C=O) groups is 2. The zero-order chi connectivity index (χ0) is 9.35. The Morgan fingerprint density at radius 3 is 2.58 bits per heavy atom. The van der Waals surface area contributed by atoms with E-state index in [2.05, 4.69) is 0 Å². The lowest BCUT2D eigenvalue weighted by atomic mass is 9.86. The summed E-state index contributed by atoms with van der Waals surface area (Å²) in [4.78, 5) is 21.1. The molecule has 5 heteroatoms. The summed E-state index contributed by atoms with van der Waals surface area (Å²) in [6.45, 7) is 0. The molecule has 0 aromatic heterocycles. The van der Waals surface area contributed by atoms with Crippen molar-refractivity contribution in [2.45, 2.75) is 25.2 Å². The summed E-state index contributed by atoms with van der Waals surface area (Å²) in [5, 5.41) is 8.41. The number of halogens is 2. The summed E-state index contributed by atoms with van der Waals surface area (Å²) in [5.41, 5.74) is 0. The lowest BCUT2D eigenvalue weighted by molar-refractivity contribution is -0.153. The number of carboxylic acid groups (broad SMARTS) is 1. The normalized spacial score (nSPS) is 28.5. The smallest absolute Gasteiger partial charge is 0.314 e. The van der Waals surface area contributed by atoms with Crippen molar-refractivity contribution in [2.75, 3.05) is 0 Å². The summed E-state index contributed by atoms with van der Waals surface area (Å²) < 4.78 is 25.0. The molecule has 0 bridgehead atoms. The first-order chi connectivity index (χ1) is 5.42. The summed E-state index contributed by atoms with van der Waals surface area (Å²) in [6.07, 6.45) is -1.68. The number of hydrogen-bond acceptors (Lipinski definition) is 2. The topological polar surface area (TPSA) is 54.4 Å². The molecule has 0 aliphatic heterocycles. The van der Waals surface area contributed by atoms with Gasteiger partial charge in [0.25, 0.3) is 5.92 Å². The molecule has 0 spiro atoms. The van der Waals surface area contributed by atoms with Crippen LogP contribution in [0.4, 0.5) is 8.78 Å². The van der Waals surface area contributed by atoms with Gasteiger partial charge < -0.3 is 5.11 Å². The number of carbonyl (C=O) groups excluding carboxylic acids is 1. The second kappa shape index (κ2) is 2.80. The van der Waals surface area contributed by atoms with Gasteiger partial charge in [0.2, 0.25) is 0 Å². The molecule has 1 aliphatic rings. The molecular formula is C7H8F2O3. The van der Waals surface area contributed by atoms with E-state index in [0.29, 0.717) is 0 Å². The molecule has 0 radical (unpaired) electrons. The Bertz CT molecular complexity index is 225. The van der Waals surface area contributed by atoms with Crippen LogP contribution in [0.3, 0.4) is 0 Å². The van der Waals surface area contributed by atoms with Crippen LogP contribution < -0.4 is 0 Å². The molecule has 1 N–H and O–H groups in total. The predicted octanol–water partition coefficient (Wildman–Crippen LogP) is 1.08. The summed E-state index contributed by atoms with van der Waals surface area (Å²) in [5.74, 6) is -6.37. The van der Waals surface area contributed by atoms with Crippen molar-refractivity contribution in [1.29, 1.82) is 0 Å². The van der Waals surface area contributed by atoms with Crippen LogP contribution in [-0.4, -0.2) is 22.8 Å². The number of aliphatic carboxylic acids is 1. The number of ketones is 1. The van der Waals surface area contributed by atoms with Crippen molar-refractivity contribution in [2.24, 2.45) is 5.92 Å². The van der Waals surface area contributed by atoms with Crippen LogP contribution in [0.25, 0.3) is 0 Å². The van der Waals surface area contributed by atoms with Crippen LogP contribution in [0.15, 0.2) is 0 Å². The van der Waals surface area contributed by atoms with Crippen LogP contribution in [0, 0.1) is 5.92 Å². The van der Waals surface area contributed by atoms with E-state index in [-0.39, 0.29) is 6.42 Å². The lowest BCUT2D eigenvalue weighted by Crippen LogP contribution is -2.36. The van der Waals surface area contributed by atoms with E-state index in [1.54, 1.807) is 0 Å². The van der Waals surface area contributed by atoms with Crippen molar-refractivity contribution in [1.82, 2.24) is 0 Å². The van der Waals surface area contributed by atoms with Crippen LogP contribution in [-0.2, 0) is 9.59 Å². The van der Waals surface area contributed by atoms with Gasteiger partial charge in [-0.2, -0.15) is 0 Å². The van der Waals surface area contributed by atoms with Gasteiger partial charge in [0, 0.05) is 6.42 Å². The fraction of sp³-hybridized carbons (Fsp3) is 0.714. The summed E-state index contributed by atoms with van der Waals surface area (Å²) >= 11 is 0. The number of carboxylic acids is 1. The van der Waals surface area contributed by atoms with Gasteiger partial charge in [-0.25, -0.2) is 8.78 Å². The molecule has 1 rings (SSSR count). The maximum atomic E-state index is 12.5. The van der Waals surface area contributed by atoms with E-state index >= 15 is 0 Å². The minimum atomic E-state index is -3.00. The SMILES string of the molecule is O=C(O)C1CCC(F)(F)CC1=O. The average Bonchev–Trinajstić information content (AvgIpc) is 1.83. The first kappa shape index (κ1) is 9.09. The van der Waals surface area contributed by atoms with Gasteiger partial charge in [-0.1, -0.05) is 0 Å². The average molecular weight is 178 g/mol. The largest absolute Gasteiger partial charge is 0.481 e. The molecule has 0 amide bonds. The Balaban J connectivity index is 2.66. The molecular weight excluding hydrogens is 170 g/mol. The summed E-state index contributed by atoms with van der Waals surface area (Å²) in [7, 11) is 0. The zero-order valence-electron chi connectivity index (χ0n) is 6.22. The highest BCUT2D eigenvalue weighted by molar-refractivity contribution is 5.99. The number of rotatable bonds is 1. The third-order valence-electron chi connectivity index (χ3n) is 1.92. The predicted molar refractivity (Wildman–Crippen MR) is 34.9 cm³/mol. The van der Waals surface area contributed by atoms with Gasteiger partial charge in [0.05, 0.1) is 6.42 Å². The maximum Gasteiger partial charge on any atom is 0.314 e. The standard InChI is InChI=1S/C7H8F2O3/c8-7(9)2-1-4(6(11)12)5(10)3-7/h4H,1-3H2,(H,11,12). The number of Topliss-reactive ketones (excluding diaryl/α,β-unsaturated/α-hetero) is 1. The van der Waals surface area contributed by atoms with Gasteiger partial charge in [0.15, 0.2) is 5.78 Å². The van der Waals surface area contributed by atoms with E-state index in [1.165, 1.54) is 0 Å². The fourth-order valence-electron chi connectivity index (χ4n) is 1.24. The van der Waals surface area contributed by atoms with E-state index in [4.69, 9.17) is 5.11 Å². The molecule has 68 valence electrons. The van der Waals surface area contributed by atoms with Gasteiger partial charge in [-0.05, 0) is 6.42 Å². The van der Waals surface area contributed by atoms with Crippen molar-refractivity contribution >= 4 is 11.8 Å². The third kappa shape index (κ3) is 1.78. The molecule has 0 aromatic rings. The van der Waals surface area contributed by atoms with Gasteiger partial charge in [-0.3, -0.25) is 9.59 Å². The Morgan fingerprint density at radius 1 is 1.58 bits per heavy atom. The monoisotopic (exact) mass is 178 g/mol. The molecule has 3 nitrogen and oxygen atoms in total. The molecule has 1 unspecified atom stereocenters. The van der Waals surface area contributed by atoms with Crippen LogP contribution in [0.5, 0.6) is 0 Å². The van der Waals surface area contributed by atoms with E-state index < -0.39 is 36.4 Å². The highest BCUT2D eigenvalue weighted by Crippen LogP contribution is 2.33. The first-order valence-corrected chi connectivity index (χ1v) is 3.56. The minimum absolute atomic E-state index is 0.249. The van der Waals surface area contributed by atoms with Crippen LogP contribution in [0.1, 0.15) is 19.3 Å². The Hall–Kier alpha value is -1.00. The third-order valence-corrected chi connectivity index (χ3v) is 1.92. The molecule has 1 fully saturated rings. The van der Waals surface area contributed by atoms with Crippen LogP contribution in [0.2, 0.25) is 0 Å². The quantitative estimate of drug-likeness (QED) is 0.611. The maximum absolute atomic E-state index is 12.5.